The van der Waals surface area contributed by atoms with Crippen LogP contribution in [0.3, 0.4) is 0 Å². The summed E-state index contributed by atoms with van der Waals surface area (Å²) in [5.74, 6) is 5.23. The van der Waals surface area contributed by atoms with E-state index in [1.54, 1.807) is 0 Å². The minimum Gasteiger partial charge on any atom is -0.396 e. The highest BCUT2D eigenvalue weighted by atomic mass is 16.3. The van der Waals surface area contributed by atoms with Gasteiger partial charge in [-0.05, 0) is 25.3 Å². The molecule has 1 heterocycles. The van der Waals surface area contributed by atoms with Gasteiger partial charge >= 0.3 is 0 Å². The smallest absolute Gasteiger partial charge is 0.235 e. The fourth-order valence-electron chi connectivity index (χ4n) is 1.84. The highest BCUT2D eigenvalue weighted by Gasteiger charge is 2.19. The molecule has 0 aromatic carbocycles. The average molecular weight is 201 g/mol. The molecule has 4 N–H and O–H groups in total. The summed E-state index contributed by atoms with van der Waals surface area (Å²) in [5.41, 5.74) is 2.11. The van der Waals surface area contributed by atoms with E-state index in [9.17, 15) is 4.79 Å². The number of nitrogens with one attached hydrogen (secondary N) is 1. The van der Waals surface area contributed by atoms with E-state index in [1.165, 1.54) is 0 Å². The number of carbonyl (C=O) groups is 1. The number of nitrogens with two attached hydrogens (primary N) is 1. The lowest BCUT2D eigenvalue weighted by molar-refractivity contribution is -0.121. The van der Waals surface area contributed by atoms with Gasteiger partial charge in [-0.2, -0.15) is 0 Å². The van der Waals surface area contributed by atoms with E-state index in [0.29, 0.717) is 12.3 Å². The molecule has 0 aromatic rings. The van der Waals surface area contributed by atoms with Crippen molar-refractivity contribution in [1.29, 1.82) is 0 Å². The molecule has 14 heavy (non-hydrogen) atoms. The molecule has 1 rings (SSSR count). The molecule has 0 aliphatic carbocycles. The molecular weight excluding hydrogens is 182 g/mol. The van der Waals surface area contributed by atoms with Crippen LogP contribution in [0.15, 0.2) is 0 Å². The fourth-order valence-corrected chi connectivity index (χ4v) is 1.84. The zero-order chi connectivity index (χ0) is 10.4. The van der Waals surface area contributed by atoms with Gasteiger partial charge in [0.05, 0.1) is 0 Å². The molecule has 1 aliphatic heterocycles. The SMILES string of the molecule is NNC(=O)CCN1CCCC(CO)C1. The monoisotopic (exact) mass is 201 g/mol. The van der Waals surface area contributed by atoms with Gasteiger partial charge in [0, 0.05) is 26.1 Å². The maximum Gasteiger partial charge on any atom is 0.235 e. The summed E-state index contributed by atoms with van der Waals surface area (Å²) in [5, 5.41) is 9.01. The predicted octanol–water partition coefficient (Wildman–Crippen LogP) is -0.929. The van der Waals surface area contributed by atoms with E-state index in [2.05, 4.69) is 10.3 Å². The zero-order valence-corrected chi connectivity index (χ0v) is 8.41. The van der Waals surface area contributed by atoms with Crippen LogP contribution in [0.4, 0.5) is 0 Å². The van der Waals surface area contributed by atoms with Crippen molar-refractivity contribution in [3.05, 3.63) is 0 Å². The van der Waals surface area contributed by atoms with Gasteiger partial charge < -0.3 is 10.0 Å². The lowest BCUT2D eigenvalue weighted by atomic mass is 9.99. The minimum atomic E-state index is -0.129. The number of hydrogen-bond acceptors (Lipinski definition) is 4. The third kappa shape index (κ3) is 3.61. The van der Waals surface area contributed by atoms with Crippen molar-refractivity contribution in [2.75, 3.05) is 26.2 Å². The second kappa shape index (κ2) is 5.95. The maximum absolute atomic E-state index is 10.9. The summed E-state index contributed by atoms with van der Waals surface area (Å²) < 4.78 is 0. The van der Waals surface area contributed by atoms with Gasteiger partial charge in [-0.25, -0.2) is 5.84 Å². The molecule has 5 heteroatoms. The number of carbonyl (C=O) groups excluding carboxylic acids is 1. The standard InChI is InChI=1S/C9H19N3O2/c10-11-9(14)3-5-12-4-1-2-8(6-12)7-13/h8,13H,1-7,10H2,(H,11,14). The minimum absolute atomic E-state index is 0.129. The summed E-state index contributed by atoms with van der Waals surface area (Å²) in [6.07, 6.45) is 2.64. The highest BCUT2D eigenvalue weighted by molar-refractivity contribution is 5.75. The number of aliphatic hydroxyl groups is 1. The first kappa shape index (κ1) is 11.4. The fraction of sp³-hybridized carbons (Fsp3) is 0.889. The van der Waals surface area contributed by atoms with Crippen LogP contribution in [0.2, 0.25) is 0 Å². The molecule has 0 spiro atoms. The molecule has 1 unspecified atom stereocenters. The van der Waals surface area contributed by atoms with E-state index < -0.39 is 0 Å². The molecule has 0 bridgehead atoms. The summed E-state index contributed by atoms with van der Waals surface area (Å²) in [6.45, 7) is 2.90. The molecule has 1 aliphatic rings. The van der Waals surface area contributed by atoms with Crippen LogP contribution in [0.5, 0.6) is 0 Å². The first-order valence-electron chi connectivity index (χ1n) is 5.09. The lowest BCUT2D eigenvalue weighted by Crippen LogP contribution is -2.40. The first-order valence-corrected chi connectivity index (χ1v) is 5.09. The molecule has 0 radical (unpaired) electrons. The molecule has 1 amide bonds. The summed E-state index contributed by atoms with van der Waals surface area (Å²) in [6, 6.07) is 0. The zero-order valence-electron chi connectivity index (χ0n) is 8.41. The van der Waals surface area contributed by atoms with Crippen molar-refractivity contribution in [2.45, 2.75) is 19.3 Å². The quantitative estimate of drug-likeness (QED) is 0.312. The normalized spacial score (nSPS) is 23.4. The van der Waals surface area contributed by atoms with E-state index in [0.717, 1.165) is 32.5 Å². The van der Waals surface area contributed by atoms with Crippen molar-refractivity contribution in [2.24, 2.45) is 11.8 Å². The van der Waals surface area contributed by atoms with Crippen LogP contribution in [0, 0.1) is 5.92 Å². The Labute approximate surface area is 84.2 Å². The van der Waals surface area contributed by atoms with Crippen LogP contribution in [-0.4, -0.2) is 42.2 Å². The van der Waals surface area contributed by atoms with Gasteiger partial charge in [0.2, 0.25) is 5.91 Å². The van der Waals surface area contributed by atoms with Gasteiger partial charge in [0.15, 0.2) is 0 Å². The largest absolute Gasteiger partial charge is 0.396 e. The Bertz CT molecular complexity index is 187. The van der Waals surface area contributed by atoms with Gasteiger partial charge in [-0.1, -0.05) is 0 Å². The molecule has 5 nitrogen and oxygen atoms in total. The number of hydrazine groups is 1. The third-order valence-electron chi connectivity index (χ3n) is 2.68. The Hall–Kier alpha value is -0.650. The molecular formula is C9H19N3O2. The predicted molar refractivity (Wildman–Crippen MR) is 53.2 cm³/mol. The Morgan fingerprint density at radius 1 is 1.64 bits per heavy atom. The molecule has 1 saturated heterocycles. The number of nitrogens with zero attached hydrogens (tertiary/aromatic N) is 1. The molecule has 1 fully saturated rings. The molecule has 0 aromatic heterocycles. The Morgan fingerprint density at radius 2 is 2.43 bits per heavy atom. The van der Waals surface area contributed by atoms with Crippen LogP contribution in [-0.2, 0) is 4.79 Å². The summed E-state index contributed by atoms with van der Waals surface area (Å²) in [4.78, 5) is 13.1. The lowest BCUT2D eigenvalue weighted by Gasteiger charge is -2.31. The third-order valence-corrected chi connectivity index (χ3v) is 2.68. The number of hydrogen-bond donors (Lipinski definition) is 3. The molecule has 1 atom stereocenters. The first-order chi connectivity index (χ1) is 6.76. The van der Waals surface area contributed by atoms with Gasteiger partial charge in [-0.3, -0.25) is 10.2 Å². The van der Waals surface area contributed by atoms with E-state index in [-0.39, 0.29) is 12.5 Å². The number of amides is 1. The van der Waals surface area contributed by atoms with Crippen LogP contribution in [0.25, 0.3) is 0 Å². The van der Waals surface area contributed by atoms with Crippen LogP contribution in [0.1, 0.15) is 19.3 Å². The Kier molecular flexibility index (Phi) is 4.86. The number of aliphatic hydroxyl groups excluding tert-OH is 1. The van der Waals surface area contributed by atoms with Crippen LogP contribution < -0.4 is 11.3 Å². The molecule has 82 valence electrons. The van der Waals surface area contributed by atoms with Crippen molar-refractivity contribution >= 4 is 5.91 Å². The van der Waals surface area contributed by atoms with Crippen molar-refractivity contribution in [3.8, 4) is 0 Å². The highest BCUT2D eigenvalue weighted by Crippen LogP contribution is 2.15. The van der Waals surface area contributed by atoms with Crippen molar-refractivity contribution < 1.29 is 9.90 Å². The molecule has 0 saturated carbocycles. The van der Waals surface area contributed by atoms with Gasteiger partial charge in [0.1, 0.15) is 0 Å². The summed E-state index contributed by atoms with van der Waals surface area (Å²) in [7, 11) is 0. The van der Waals surface area contributed by atoms with Gasteiger partial charge in [-0.15, -0.1) is 0 Å². The topological polar surface area (TPSA) is 78.6 Å². The number of piperidine rings is 1. The van der Waals surface area contributed by atoms with E-state index >= 15 is 0 Å². The number of likely N-dealkylation sites (tertiary alicyclic amines) is 1. The Morgan fingerprint density at radius 3 is 3.07 bits per heavy atom. The second-order valence-corrected chi connectivity index (χ2v) is 3.81. The van der Waals surface area contributed by atoms with Crippen molar-refractivity contribution in [3.63, 3.8) is 0 Å². The average Bonchev–Trinajstić information content (AvgIpc) is 2.26. The maximum atomic E-state index is 10.9. The second-order valence-electron chi connectivity index (χ2n) is 3.81. The van der Waals surface area contributed by atoms with Crippen LogP contribution >= 0.6 is 0 Å². The van der Waals surface area contributed by atoms with Crippen molar-refractivity contribution in [1.82, 2.24) is 10.3 Å². The summed E-state index contributed by atoms with van der Waals surface area (Å²) >= 11 is 0. The Balaban J connectivity index is 2.20. The van der Waals surface area contributed by atoms with Gasteiger partial charge in [0.25, 0.3) is 0 Å². The van der Waals surface area contributed by atoms with E-state index in [4.69, 9.17) is 10.9 Å². The number of rotatable bonds is 4. The van der Waals surface area contributed by atoms with E-state index in [1.807, 2.05) is 0 Å².